The molecule has 6 fully saturated rings. The van der Waals surface area contributed by atoms with E-state index >= 15 is 0 Å². The molecule has 2 saturated heterocycles. The van der Waals surface area contributed by atoms with E-state index in [1.807, 2.05) is 201 Å². The first-order valence-corrected chi connectivity index (χ1v) is 47.5. The highest BCUT2D eigenvalue weighted by atomic mass is 16.7. The van der Waals surface area contributed by atoms with E-state index in [0.717, 1.165) is 140 Å². The van der Waals surface area contributed by atoms with E-state index in [0.29, 0.717) is 68.2 Å². The van der Waals surface area contributed by atoms with Crippen LogP contribution in [0.15, 0.2) is 60.7 Å². The summed E-state index contributed by atoms with van der Waals surface area (Å²) in [5.74, 6) is 2.63. The molecule has 4 aliphatic carbocycles. The van der Waals surface area contributed by atoms with Gasteiger partial charge >= 0.3 is 47.8 Å². The molecular weight excluding hydrogens is 1560 g/mol. The van der Waals surface area contributed by atoms with Crippen LogP contribution in [0, 0.1) is 78.3 Å². The topological polar surface area (TPSA) is 247 Å². The summed E-state index contributed by atoms with van der Waals surface area (Å²) in [6, 6.07) is 18.6. The maximum atomic E-state index is 12.1. The maximum absolute atomic E-state index is 12.1. The Bertz CT molecular complexity index is 3240. The molecule has 0 radical (unpaired) electrons. The number of hydrogen-bond acceptors (Lipinski definition) is 20. The van der Waals surface area contributed by atoms with Gasteiger partial charge in [-0.2, -0.15) is 0 Å². The summed E-state index contributed by atoms with van der Waals surface area (Å²) < 4.78 is 64.5. The Morgan fingerprint density at radius 2 is 0.821 bits per heavy atom. The predicted octanol–water partition coefficient (Wildman–Crippen LogP) is 25.0. The maximum Gasteiger partial charge on any atom is 0.316 e. The first-order chi connectivity index (χ1) is 57.4. The molecule has 5 atom stereocenters. The van der Waals surface area contributed by atoms with Crippen LogP contribution in [0.2, 0.25) is 0 Å². The molecule has 0 bridgehead atoms. The van der Waals surface area contributed by atoms with E-state index in [4.69, 9.17) is 56.8 Å². The molecule has 710 valence electrons. The highest BCUT2D eigenvalue weighted by Gasteiger charge is 2.40. The molecule has 123 heavy (non-hydrogen) atoms. The second-order valence-corrected chi connectivity index (χ2v) is 41.2. The molecule has 8 rings (SSSR count). The smallest absolute Gasteiger partial charge is 0.316 e. The van der Waals surface area contributed by atoms with Gasteiger partial charge in [0.2, 0.25) is 0 Å². The highest BCUT2D eigenvalue weighted by Crippen LogP contribution is 2.42. The van der Waals surface area contributed by atoms with E-state index in [2.05, 4.69) is 48.5 Å². The molecular formula is C103H178O20. The van der Waals surface area contributed by atoms with E-state index in [-0.39, 0.29) is 118 Å². The number of carbonyl (C=O) groups excluding carboxylic acids is 8. The van der Waals surface area contributed by atoms with Crippen molar-refractivity contribution < 1.29 is 95.2 Å². The number of esters is 8. The van der Waals surface area contributed by atoms with Crippen molar-refractivity contribution in [1.82, 2.24) is 0 Å². The Morgan fingerprint density at radius 3 is 1.23 bits per heavy atom. The van der Waals surface area contributed by atoms with Crippen molar-refractivity contribution >= 4 is 47.8 Å². The van der Waals surface area contributed by atoms with Crippen LogP contribution in [-0.4, -0.2) is 132 Å². The van der Waals surface area contributed by atoms with Crippen LogP contribution in [-0.2, 0) is 85.7 Å². The summed E-state index contributed by atoms with van der Waals surface area (Å²) in [6.45, 7) is 63.5. The van der Waals surface area contributed by atoms with E-state index in [9.17, 15) is 38.4 Å². The van der Waals surface area contributed by atoms with E-state index in [1.165, 1.54) is 57.8 Å². The SMILES string of the molecule is CCC(C)(C)C(=O)OC1CC(C)CC(C)(C)C1.CCC(C)(C)C(=O)OC1CCC(C(C)(C)C)CC1.CCC(C)(C)C(=O)OC1CCCCC1.CCC(C)(C)C(=O)OCC1CCOC1.CCC(C)(C)C(=O)OCCOc1ccccc1.CCC(C)(C)C(=O)Oc1ccccc1.CCC(C)C(=O)OC1CCCCC1.CCC(C)C(=O)OCC1(CC)COCOC1. The van der Waals surface area contributed by atoms with Crippen molar-refractivity contribution in [3.63, 3.8) is 0 Å². The van der Waals surface area contributed by atoms with Gasteiger partial charge in [0, 0.05) is 12.5 Å². The standard InChI is InChI=1S/C16H30O2.C15H28O2.C14H20O3.C12H22O4.C12H22O2.C12H16O2.C11H20O3.C11H20O2/c1-7-16(5,6)14(17)18-13-10-8-12(9-11-13)15(2,3)4;1-7-15(5,6)13(16)17-12-8-11(2)9-14(3,4)10-12;1-4-14(2,3)13(15)17-11-10-16-12-8-6-5-7-9-12;1-4-10(3)11(13)16-8-12(5-2)6-14-9-15-7-12;2*1-4-12(2,3)11(13)14-10-8-6-5-7-9-10;1-4-11(2,3)10(12)14-8-9-5-6-13-7-9;1-3-9(2)11(12)13-10-7-5-4-6-8-10/h12-13H,7-11H2,1-6H3;11-12H,7-10H2,1-6H3;5-9H,4,10-11H2,1-3H3;10H,4-9H2,1-3H3;10H,4-9H2,1-3H3;5-9H,4H2,1-3H3;9H,4-8H2,1-3H3;9-10H,3-8H2,1-2H3. The summed E-state index contributed by atoms with van der Waals surface area (Å²) in [5, 5.41) is 0. The summed E-state index contributed by atoms with van der Waals surface area (Å²) in [5.41, 5.74) is -1.61. The second-order valence-electron chi connectivity index (χ2n) is 41.2. The number of carbonyl (C=O) groups is 8. The lowest BCUT2D eigenvalue weighted by atomic mass is 9.71. The van der Waals surface area contributed by atoms with Gasteiger partial charge in [-0.15, -0.1) is 0 Å². The van der Waals surface area contributed by atoms with Gasteiger partial charge in [-0.25, -0.2) is 0 Å². The summed E-state index contributed by atoms with van der Waals surface area (Å²) in [4.78, 5) is 93.7. The van der Waals surface area contributed by atoms with Gasteiger partial charge in [0.1, 0.15) is 62.5 Å². The molecule has 0 spiro atoms. The van der Waals surface area contributed by atoms with Gasteiger partial charge in [0.05, 0.1) is 76.2 Å². The molecule has 2 heterocycles. The third-order valence-corrected chi connectivity index (χ3v) is 26.1. The van der Waals surface area contributed by atoms with Crippen LogP contribution in [0.3, 0.4) is 0 Å². The summed E-state index contributed by atoms with van der Waals surface area (Å²) in [7, 11) is 0. The van der Waals surface area contributed by atoms with E-state index < -0.39 is 10.8 Å². The molecule has 2 aromatic carbocycles. The summed E-state index contributed by atoms with van der Waals surface area (Å²) >= 11 is 0. The fraction of sp³-hybridized carbons (Fsp3) is 0.806. The van der Waals surface area contributed by atoms with Crippen molar-refractivity contribution in [3.05, 3.63) is 60.7 Å². The Morgan fingerprint density at radius 1 is 0.423 bits per heavy atom. The van der Waals surface area contributed by atoms with Crippen LogP contribution in [0.5, 0.6) is 11.5 Å². The number of rotatable bonds is 30. The third kappa shape index (κ3) is 46.4. The van der Waals surface area contributed by atoms with Crippen LogP contribution in [0.1, 0.15) is 374 Å². The molecule has 0 aromatic heterocycles. The molecule has 6 aliphatic rings. The fourth-order valence-electron chi connectivity index (χ4n) is 13.4. The van der Waals surface area contributed by atoms with Gasteiger partial charge in [0.15, 0.2) is 0 Å². The summed E-state index contributed by atoms with van der Waals surface area (Å²) in [6.07, 6.45) is 28.6. The lowest BCUT2D eigenvalue weighted by Crippen LogP contribution is -2.41. The number of para-hydroxylation sites is 2. The Hall–Kier alpha value is -6.12. The lowest BCUT2D eigenvalue weighted by molar-refractivity contribution is -0.188. The van der Waals surface area contributed by atoms with Gasteiger partial charge < -0.3 is 56.8 Å². The van der Waals surface area contributed by atoms with Crippen LogP contribution in [0.25, 0.3) is 0 Å². The number of benzene rings is 2. The highest BCUT2D eigenvalue weighted by molar-refractivity contribution is 5.79. The molecule has 0 N–H and O–H groups in total. The molecule has 2 aliphatic heterocycles. The molecule has 0 amide bonds. The first-order valence-electron chi connectivity index (χ1n) is 47.5. The second kappa shape index (κ2) is 57.6. The quantitative estimate of drug-likeness (QED) is 0.0305. The van der Waals surface area contributed by atoms with Crippen molar-refractivity contribution in [2.75, 3.05) is 59.6 Å². The predicted molar refractivity (Wildman–Crippen MR) is 493 cm³/mol. The molecule has 4 saturated carbocycles. The van der Waals surface area contributed by atoms with Crippen molar-refractivity contribution in [2.24, 2.45) is 78.3 Å². The Kier molecular flexibility index (Phi) is 53.8. The number of hydrogen-bond donors (Lipinski definition) is 0. The average Bonchev–Trinajstić information content (AvgIpc) is 1.33. The Balaban J connectivity index is 0.000000704. The average molecular weight is 1740 g/mol. The zero-order chi connectivity index (χ0) is 93.5. The van der Waals surface area contributed by atoms with Gasteiger partial charge in [-0.3, -0.25) is 38.4 Å². The fourth-order valence-corrected chi connectivity index (χ4v) is 13.4. The van der Waals surface area contributed by atoms with E-state index in [1.54, 1.807) is 12.1 Å². The lowest BCUT2D eigenvalue weighted by Gasteiger charge is -2.39. The van der Waals surface area contributed by atoms with Crippen LogP contribution >= 0.6 is 0 Å². The van der Waals surface area contributed by atoms with Crippen molar-refractivity contribution in [2.45, 2.75) is 399 Å². The monoisotopic (exact) mass is 1740 g/mol. The largest absolute Gasteiger partial charge is 0.490 e. The minimum atomic E-state index is -0.410. The van der Waals surface area contributed by atoms with Crippen molar-refractivity contribution in [3.8, 4) is 11.5 Å². The molecule has 20 heteroatoms. The van der Waals surface area contributed by atoms with Gasteiger partial charge in [-0.1, -0.05) is 167 Å². The van der Waals surface area contributed by atoms with Crippen molar-refractivity contribution in [1.29, 1.82) is 0 Å². The zero-order valence-corrected chi connectivity index (χ0v) is 83.1. The Labute approximate surface area is 747 Å². The molecule has 5 unspecified atom stereocenters. The third-order valence-electron chi connectivity index (χ3n) is 26.1. The minimum absolute atomic E-state index is 0.00519. The minimum Gasteiger partial charge on any atom is -0.490 e. The molecule has 20 nitrogen and oxygen atoms in total. The van der Waals surface area contributed by atoms with Crippen LogP contribution < -0.4 is 9.47 Å². The molecule has 2 aromatic rings. The van der Waals surface area contributed by atoms with Crippen LogP contribution in [0.4, 0.5) is 0 Å². The van der Waals surface area contributed by atoms with Gasteiger partial charge in [0.25, 0.3) is 0 Å². The van der Waals surface area contributed by atoms with Gasteiger partial charge in [-0.05, 0) is 291 Å². The normalized spacial score (nSPS) is 20.3. The number of ether oxygens (including phenoxy) is 12. The first kappa shape index (κ1) is 115. The zero-order valence-electron chi connectivity index (χ0n) is 83.1.